The predicted molar refractivity (Wildman–Crippen MR) is 53.5 cm³/mol. The number of ether oxygens (including phenoxy) is 1. The van der Waals surface area contributed by atoms with Crippen LogP contribution in [0.15, 0.2) is 0 Å². The minimum absolute atomic E-state index is 0.236. The van der Waals surface area contributed by atoms with Crippen molar-refractivity contribution in [3.63, 3.8) is 0 Å². The van der Waals surface area contributed by atoms with Gasteiger partial charge in [-0.3, -0.25) is 0 Å². The van der Waals surface area contributed by atoms with Crippen molar-refractivity contribution in [3.8, 4) is 12.3 Å². The van der Waals surface area contributed by atoms with Crippen LogP contribution in [0.5, 0.6) is 0 Å². The van der Waals surface area contributed by atoms with E-state index in [2.05, 4.69) is 23.2 Å². The van der Waals surface area contributed by atoms with Gasteiger partial charge in [0.2, 0.25) is 0 Å². The molecule has 0 aromatic heterocycles. The molecule has 1 fully saturated rings. The number of terminal acetylenes is 1. The molecule has 2 unspecified atom stereocenters. The van der Waals surface area contributed by atoms with Gasteiger partial charge in [0.15, 0.2) is 0 Å². The molecular weight excluding hydrogens is 164 g/mol. The molecule has 0 aromatic carbocycles. The molecule has 0 aromatic rings. The van der Waals surface area contributed by atoms with E-state index >= 15 is 0 Å². The topological polar surface area (TPSA) is 24.5 Å². The maximum Gasteiger partial charge on any atom is 0.0864 e. The molecule has 13 heavy (non-hydrogen) atoms. The number of nitrogens with one attached hydrogen (secondary N) is 1. The van der Waals surface area contributed by atoms with Crippen molar-refractivity contribution in [3.05, 3.63) is 0 Å². The summed E-state index contributed by atoms with van der Waals surface area (Å²) in [7, 11) is 4.04. The lowest BCUT2D eigenvalue weighted by Crippen LogP contribution is -2.50. The van der Waals surface area contributed by atoms with E-state index in [0.29, 0.717) is 0 Å². The standard InChI is InChI=1S/C10H18N2O/c1-4-5-9(11-2)10-8-12(3)6-7-13-10/h1,9-11H,5-8H2,2-3H3. The van der Waals surface area contributed by atoms with Crippen molar-refractivity contribution in [2.75, 3.05) is 33.8 Å². The maximum atomic E-state index is 5.65. The summed E-state index contributed by atoms with van der Waals surface area (Å²) >= 11 is 0. The molecule has 0 aliphatic carbocycles. The highest BCUT2D eigenvalue weighted by Crippen LogP contribution is 2.09. The Bertz CT molecular complexity index is 188. The van der Waals surface area contributed by atoms with Crippen LogP contribution in [0.4, 0.5) is 0 Å². The maximum absolute atomic E-state index is 5.65. The SMILES string of the molecule is C#CCC(NC)C1CN(C)CCO1. The Hall–Kier alpha value is -0.560. The third kappa shape index (κ3) is 3.00. The van der Waals surface area contributed by atoms with Crippen LogP contribution in [-0.4, -0.2) is 50.8 Å². The van der Waals surface area contributed by atoms with E-state index in [1.54, 1.807) is 0 Å². The summed E-state index contributed by atoms with van der Waals surface area (Å²) < 4.78 is 5.65. The van der Waals surface area contributed by atoms with Gasteiger partial charge in [0, 0.05) is 25.6 Å². The van der Waals surface area contributed by atoms with Gasteiger partial charge >= 0.3 is 0 Å². The molecule has 3 heteroatoms. The first kappa shape index (κ1) is 10.5. The largest absolute Gasteiger partial charge is 0.374 e. The van der Waals surface area contributed by atoms with Gasteiger partial charge in [0.1, 0.15) is 0 Å². The molecule has 0 saturated carbocycles. The van der Waals surface area contributed by atoms with Crippen molar-refractivity contribution in [2.45, 2.75) is 18.6 Å². The average molecular weight is 182 g/mol. The molecule has 1 rings (SSSR count). The van der Waals surface area contributed by atoms with E-state index in [-0.39, 0.29) is 12.1 Å². The zero-order valence-corrected chi connectivity index (χ0v) is 8.42. The van der Waals surface area contributed by atoms with Gasteiger partial charge in [0.25, 0.3) is 0 Å². The molecule has 0 amide bonds. The Kier molecular flexibility index (Phi) is 4.23. The van der Waals surface area contributed by atoms with Crippen LogP contribution in [0, 0.1) is 12.3 Å². The number of hydrogen-bond acceptors (Lipinski definition) is 3. The highest BCUT2D eigenvalue weighted by Gasteiger charge is 2.24. The molecule has 1 N–H and O–H groups in total. The van der Waals surface area contributed by atoms with Crippen LogP contribution in [0.1, 0.15) is 6.42 Å². The lowest BCUT2D eigenvalue weighted by atomic mass is 10.1. The third-order valence-corrected chi connectivity index (χ3v) is 2.45. The normalized spacial score (nSPS) is 26.7. The average Bonchev–Trinajstić information content (AvgIpc) is 2.14. The minimum Gasteiger partial charge on any atom is -0.374 e. The van der Waals surface area contributed by atoms with Crippen LogP contribution in [0.2, 0.25) is 0 Å². The summed E-state index contributed by atoms with van der Waals surface area (Å²) in [6, 6.07) is 0.285. The quantitative estimate of drug-likeness (QED) is 0.618. The van der Waals surface area contributed by atoms with Crippen molar-refractivity contribution in [1.29, 1.82) is 0 Å². The first-order valence-electron chi connectivity index (χ1n) is 4.68. The van der Waals surface area contributed by atoms with Crippen LogP contribution < -0.4 is 5.32 Å². The van der Waals surface area contributed by atoms with Crippen LogP contribution in [0.25, 0.3) is 0 Å². The second-order valence-electron chi connectivity index (χ2n) is 3.47. The monoisotopic (exact) mass is 182 g/mol. The smallest absolute Gasteiger partial charge is 0.0864 e. The fourth-order valence-electron chi connectivity index (χ4n) is 1.60. The molecule has 0 bridgehead atoms. The molecule has 2 atom stereocenters. The number of nitrogens with zero attached hydrogens (tertiary/aromatic N) is 1. The fraction of sp³-hybridized carbons (Fsp3) is 0.800. The minimum atomic E-state index is 0.236. The summed E-state index contributed by atoms with van der Waals surface area (Å²) in [6.07, 6.45) is 6.25. The third-order valence-electron chi connectivity index (χ3n) is 2.45. The zero-order chi connectivity index (χ0) is 9.68. The van der Waals surface area contributed by atoms with E-state index in [9.17, 15) is 0 Å². The first-order valence-corrected chi connectivity index (χ1v) is 4.68. The second kappa shape index (κ2) is 5.23. The van der Waals surface area contributed by atoms with Gasteiger partial charge in [0.05, 0.1) is 12.7 Å². The second-order valence-corrected chi connectivity index (χ2v) is 3.47. The summed E-state index contributed by atoms with van der Waals surface area (Å²) in [6.45, 7) is 2.79. The van der Waals surface area contributed by atoms with Crippen molar-refractivity contribution in [2.24, 2.45) is 0 Å². The van der Waals surface area contributed by atoms with Gasteiger partial charge in [-0.15, -0.1) is 12.3 Å². The van der Waals surface area contributed by atoms with E-state index in [4.69, 9.17) is 11.2 Å². The highest BCUT2D eigenvalue weighted by atomic mass is 16.5. The van der Waals surface area contributed by atoms with Crippen LogP contribution in [0.3, 0.4) is 0 Å². The summed E-state index contributed by atoms with van der Waals surface area (Å²) in [4.78, 5) is 2.27. The Morgan fingerprint density at radius 3 is 3.08 bits per heavy atom. The van der Waals surface area contributed by atoms with Gasteiger partial charge in [-0.05, 0) is 14.1 Å². The molecule has 0 spiro atoms. The Morgan fingerprint density at radius 2 is 2.54 bits per heavy atom. The number of morpholine rings is 1. The Morgan fingerprint density at radius 1 is 1.77 bits per heavy atom. The van der Waals surface area contributed by atoms with Crippen molar-refractivity contribution >= 4 is 0 Å². The Labute approximate surface area is 80.4 Å². The van der Waals surface area contributed by atoms with E-state index in [0.717, 1.165) is 26.1 Å². The summed E-state index contributed by atoms with van der Waals surface area (Å²) in [5.41, 5.74) is 0. The number of likely N-dealkylation sites (N-methyl/N-ethyl adjacent to an activating group) is 2. The molecule has 0 radical (unpaired) electrons. The molecule has 1 aliphatic rings. The van der Waals surface area contributed by atoms with Gasteiger partial charge in [-0.25, -0.2) is 0 Å². The fourth-order valence-corrected chi connectivity index (χ4v) is 1.60. The molecule has 1 heterocycles. The zero-order valence-electron chi connectivity index (χ0n) is 8.42. The van der Waals surface area contributed by atoms with Gasteiger partial charge in [-0.2, -0.15) is 0 Å². The molecule has 3 nitrogen and oxygen atoms in total. The summed E-state index contributed by atoms with van der Waals surface area (Å²) in [5, 5.41) is 3.20. The van der Waals surface area contributed by atoms with Gasteiger partial charge in [-0.1, -0.05) is 0 Å². The number of rotatable bonds is 3. The molecule has 1 saturated heterocycles. The van der Waals surface area contributed by atoms with Crippen molar-refractivity contribution in [1.82, 2.24) is 10.2 Å². The lowest BCUT2D eigenvalue weighted by Gasteiger charge is -2.34. The Balaban J connectivity index is 2.43. The van der Waals surface area contributed by atoms with Crippen molar-refractivity contribution < 1.29 is 4.74 Å². The first-order chi connectivity index (χ1) is 6.27. The van der Waals surface area contributed by atoms with Gasteiger partial charge < -0.3 is 15.0 Å². The van der Waals surface area contributed by atoms with E-state index in [1.807, 2.05) is 7.05 Å². The highest BCUT2D eigenvalue weighted by molar-refractivity contribution is 4.94. The predicted octanol–water partition coefficient (Wildman–Crippen LogP) is -0.0717. The summed E-state index contributed by atoms with van der Waals surface area (Å²) in [5.74, 6) is 2.67. The molecule has 1 aliphatic heterocycles. The van der Waals surface area contributed by atoms with Crippen LogP contribution in [-0.2, 0) is 4.74 Å². The lowest BCUT2D eigenvalue weighted by molar-refractivity contribution is -0.0364. The van der Waals surface area contributed by atoms with E-state index < -0.39 is 0 Å². The number of hydrogen-bond donors (Lipinski definition) is 1. The molecular formula is C10H18N2O. The molecule has 74 valence electrons. The van der Waals surface area contributed by atoms with E-state index in [1.165, 1.54) is 0 Å². The van der Waals surface area contributed by atoms with Crippen LogP contribution >= 0.6 is 0 Å².